The topological polar surface area (TPSA) is 92.9 Å². The van der Waals surface area contributed by atoms with Crippen molar-refractivity contribution in [2.24, 2.45) is 0 Å². The summed E-state index contributed by atoms with van der Waals surface area (Å²) in [5.41, 5.74) is 0.921. The molecule has 31 heavy (non-hydrogen) atoms. The summed E-state index contributed by atoms with van der Waals surface area (Å²) < 4.78 is 58.3. The maximum atomic E-state index is 13.1. The van der Waals surface area contributed by atoms with Gasteiger partial charge in [0.25, 0.3) is 6.43 Å². The molecule has 3 aromatic heterocycles. The zero-order valence-electron chi connectivity index (χ0n) is 16.6. The Balaban J connectivity index is 1.42. The van der Waals surface area contributed by atoms with Crippen LogP contribution in [0, 0.1) is 0 Å². The van der Waals surface area contributed by atoms with Gasteiger partial charge in [-0.3, -0.25) is 0 Å². The van der Waals surface area contributed by atoms with Crippen molar-refractivity contribution < 1.29 is 21.9 Å². The molecule has 9 nitrogen and oxygen atoms in total. The van der Waals surface area contributed by atoms with Crippen molar-refractivity contribution in [3.05, 3.63) is 42.4 Å². The average molecular weight is 450 g/mol. The molecule has 0 bridgehead atoms. The summed E-state index contributed by atoms with van der Waals surface area (Å²) in [6, 6.07) is 6.40. The number of pyridine rings is 1. The van der Waals surface area contributed by atoms with Gasteiger partial charge in [0, 0.05) is 31.4 Å². The highest BCUT2D eigenvalue weighted by Crippen LogP contribution is 2.33. The maximum Gasteiger partial charge on any atom is 0.282 e. The number of nitrogens with zero attached hydrogens (tertiary/aromatic N) is 6. The van der Waals surface area contributed by atoms with Crippen LogP contribution in [0.15, 0.2) is 36.7 Å². The van der Waals surface area contributed by atoms with Crippen molar-refractivity contribution in [2.45, 2.75) is 12.0 Å². The van der Waals surface area contributed by atoms with E-state index in [4.69, 9.17) is 4.74 Å². The molecular weight excluding hydrogens is 430 g/mol. The van der Waals surface area contributed by atoms with Gasteiger partial charge < -0.3 is 9.64 Å². The molecule has 1 spiro atoms. The third-order valence-electron chi connectivity index (χ3n) is 5.62. The van der Waals surface area contributed by atoms with Crippen LogP contribution in [0.3, 0.4) is 0 Å². The zero-order chi connectivity index (χ0) is 21.8. The summed E-state index contributed by atoms with van der Waals surface area (Å²) in [6.45, 7) is 2.21. The minimum absolute atomic E-state index is 0.315. The molecule has 2 aliphatic heterocycles. The predicted molar refractivity (Wildman–Crippen MR) is 108 cm³/mol. The van der Waals surface area contributed by atoms with Crippen LogP contribution < -0.4 is 4.90 Å². The van der Waals surface area contributed by atoms with Crippen molar-refractivity contribution >= 4 is 21.5 Å². The van der Waals surface area contributed by atoms with Crippen LogP contribution in [0.1, 0.15) is 12.1 Å². The summed E-state index contributed by atoms with van der Waals surface area (Å²) in [6.07, 6.45) is 1.75. The number of morpholine rings is 1. The number of fused-ring (bicyclic) bond motifs is 1. The van der Waals surface area contributed by atoms with Crippen LogP contribution >= 0.6 is 0 Å². The SMILES string of the molecule is CS(=O)(=O)N1CC2(CN(c3cc(-c4cnc5ccc(C(F)F)nn45)ccn3)CCO2)C1. The predicted octanol–water partition coefficient (Wildman–Crippen LogP) is 1.58. The molecule has 0 aromatic carbocycles. The van der Waals surface area contributed by atoms with Crippen LogP contribution in [-0.2, 0) is 14.8 Å². The number of sulfonamides is 1. The third-order valence-corrected chi connectivity index (χ3v) is 6.81. The highest BCUT2D eigenvalue weighted by atomic mass is 32.2. The number of hydrogen-bond donors (Lipinski definition) is 0. The number of rotatable bonds is 4. The van der Waals surface area contributed by atoms with Crippen LogP contribution in [0.5, 0.6) is 0 Å². The first-order valence-corrected chi connectivity index (χ1v) is 11.5. The Labute approximate surface area is 177 Å². The first-order chi connectivity index (χ1) is 14.7. The summed E-state index contributed by atoms with van der Waals surface area (Å²) in [5.74, 6) is 0.693. The minimum atomic E-state index is -3.24. The Hall–Kier alpha value is -2.70. The van der Waals surface area contributed by atoms with Crippen molar-refractivity contribution in [3.8, 4) is 11.3 Å². The molecule has 5 heterocycles. The van der Waals surface area contributed by atoms with Gasteiger partial charge in [-0.25, -0.2) is 31.7 Å². The van der Waals surface area contributed by atoms with Crippen molar-refractivity contribution in [3.63, 3.8) is 0 Å². The fourth-order valence-electron chi connectivity index (χ4n) is 4.01. The Morgan fingerprint density at radius 2 is 1.97 bits per heavy atom. The smallest absolute Gasteiger partial charge is 0.282 e. The summed E-state index contributed by atoms with van der Waals surface area (Å²) >= 11 is 0. The lowest BCUT2D eigenvalue weighted by Crippen LogP contribution is -2.71. The van der Waals surface area contributed by atoms with Gasteiger partial charge in [0.15, 0.2) is 5.65 Å². The van der Waals surface area contributed by atoms with Crippen LogP contribution in [0.2, 0.25) is 0 Å². The number of aromatic nitrogens is 4. The number of imidazole rings is 1. The molecule has 2 fully saturated rings. The third kappa shape index (κ3) is 3.64. The first kappa shape index (κ1) is 20.2. The largest absolute Gasteiger partial charge is 0.369 e. The lowest BCUT2D eigenvalue weighted by atomic mass is 9.94. The monoisotopic (exact) mass is 450 g/mol. The van der Waals surface area contributed by atoms with Gasteiger partial charge in [0.05, 0.1) is 31.3 Å². The minimum Gasteiger partial charge on any atom is -0.369 e. The molecule has 164 valence electrons. The second kappa shape index (κ2) is 7.18. The zero-order valence-corrected chi connectivity index (χ0v) is 17.5. The normalized spacial score (nSPS) is 19.3. The molecule has 12 heteroatoms. The van der Waals surface area contributed by atoms with E-state index in [1.165, 1.54) is 27.2 Å². The van der Waals surface area contributed by atoms with Gasteiger partial charge in [-0.05, 0) is 24.3 Å². The Morgan fingerprint density at radius 1 is 1.16 bits per heavy atom. The molecular formula is C19H20F2N6O3S. The molecule has 0 amide bonds. The number of hydrogen-bond acceptors (Lipinski definition) is 7. The van der Waals surface area contributed by atoms with E-state index in [0.29, 0.717) is 49.9 Å². The quantitative estimate of drug-likeness (QED) is 0.596. The van der Waals surface area contributed by atoms with Gasteiger partial charge in [0.1, 0.15) is 17.1 Å². The first-order valence-electron chi connectivity index (χ1n) is 9.67. The van der Waals surface area contributed by atoms with Crippen LogP contribution in [0.4, 0.5) is 14.6 Å². The van der Waals surface area contributed by atoms with E-state index in [2.05, 4.69) is 15.1 Å². The molecule has 0 saturated carbocycles. The molecule has 0 atom stereocenters. The molecule has 5 rings (SSSR count). The lowest BCUT2D eigenvalue weighted by molar-refractivity contribution is -0.122. The van der Waals surface area contributed by atoms with Gasteiger partial charge in [-0.15, -0.1) is 0 Å². The second-order valence-corrected chi connectivity index (χ2v) is 9.84. The van der Waals surface area contributed by atoms with E-state index in [9.17, 15) is 17.2 Å². The molecule has 0 N–H and O–H groups in total. The van der Waals surface area contributed by atoms with Crippen molar-refractivity contribution in [1.29, 1.82) is 0 Å². The Bertz CT molecular complexity index is 1240. The number of anilines is 1. The molecule has 3 aromatic rings. The Morgan fingerprint density at radius 3 is 2.71 bits per heavy atom. The van der Waals surface area contributed by atoms with Crippen molar-refractivity contribution in [1.82, 2.24) is 23.9 Å². The van der Waals surface area contributed by atoms with Crippen LogP contribution in [-0.4, -0.2) is 76.9 Å². The highest BCUT2D eigenvalue weighted by Gasteiger charge is 2.50. The molecule has 2 saturated heterocycles. The van der Waals surface area contributed by atoms with E-state index in [1.807, 2.05) is 11.0 Å². The standard InChI is InChI=1S/C19H20F2N6O3S/c1-31(28,29)26-11-19(12-26)10-25(6-7-30-19)17-8-13(4-5-22-17)15-9-23-16-3-2-14(18(20)21)24-27(15)16/h2-5,8-9,18H,6-7,10-12H2,1H3. The average Bonchev–Trinajstić information content (AvgIpc) is 3.14. The van der Waals surface area contributed by atoms with E-state index in [0.717, 1.165) is 5.56 Å². The molecule has 0 radical (unpaired) electrons. The summed E-state index contributed by atoms with van der Waals surface area (Å²) in [4.78, 5) is 10.8. The van der Waals surface area contributed by atoms with E-state index in [-0.39, 0.29) is 5.69 Å². The highest BCUT2D eigenvalue weighted by molar-refractivity contribution is 7.88. The van der Waals surface area contributed by atoms with E-state index in [1.54, 1.807) is 18.5 Å². The van der Waals surface area contributed by atoms with Gasteiger partial charge >= 0.3 is 0 Å². The van der Waals surface area contributed by atoms with Crippen molar-refractivity contribution in [2.75, 3.05) is 43.9 Å². The maximum absolute atomic E-state index is 13.1. The van der Waals surface area contributed by atoms with E-state index >= 15 is 0 Å². The van der Waals surface area contributed by atoms with Crippen LogP contribution in [0.25, 0.3) is 16.9 Å². The molecule has 2 aliphatic rings. The van der Waals surface area contributed by atoms with E-state index < -0.39 is 22.0 Å². The summed E-state index contributed by atoms with van der Waals surface area (Å²) in [5, 5.41) is 4.02. The number of alkyl halides is 2. The Kier molecular flexibility index (Phi) is 4.68. The van der Waals surface area contributed by atoms with Gasteiger partial charge in [0.2, 0.25) is 10.0 Å². The second-order valence-electron chi connectivity index (χ2n) is 7.86. The number of ether oxygens (including phenoxy) is 1. The summed E-state index contributed by atoms with van der Waals surface area (Å²) in [7, 11) is -3.24. The fourth-order valence-corrected chi connectivity index (χ4v) is 4.95. The molecule has 0 unspecified atom stereocenters. The lowest BCUT2D eigenvalue weighted by Gasteiger charge is -2.52. The van der Waals surface area contributed by atoms with Gasteiger partial charge in [-0.2, -0.15) is 9.40 Å². The molecule has 0 aliphatic carbocycles. The fraction of sp³-hybridized carbons (Fsp3) is 0.421. The van der Waals surface area contributed by atoms with Gasteiger partial charge in [-0.1, -0.05) is 0 Å². The number of halogens is 2.